The minimum absolute atomic E-state index is 0.0429. The van der Waals surface area contributed by atoms with E-state index in [1.54, 1.807) is 25.1 Å². The van der Waals surface area contributed by atoms with Gasteiger partial charge < -0.3 is 9.52 Å². The van der Waals surface area contributed by atoms with Crippen LogP contribution in [0.1, 0.15) is 39.8 Å². The highest BCUT2D eigenvalue weighted by molar-refractivity contribution is 8.00. The van der Waals surface area contributed by atoms with E-state index in [9.17, 15) is 14.7 Å². The topological polar surface area (TPSA) is 96.5 Å². The standard InChI is InChI=1S/C27H22ClN3O4S2/c1-14-4-5-15(2)19(12-14)23(32)21-22(20-11-6-16(3)35-20)31(25(34)24(21)33)26-29-30-27(37-26)36-13-17-7-9-18(28)10-8-17/h4-12,22,32H,13H2,1-3H3/b23-21+. The van der Waals surface area contributed by atoms with Gasteiger partial charge in [0.1, 0.15) is 23.3 Å². The van der Waals surface area contributed by atoms with Crippen molar-refractivity contribution in [1.29, 1.82) is 0 Å². The van der Waals surface area contributed by atoms with Crippen molar-refractivity contribution in [1.82, 2.24) is 10.2 Å². The number of carbonyl (C=O) groups is 2. The van der Waals surface area contributed by atoms with Gasteiger partial charge in [0.25, 0.3) is 5.78 Å². The molecular formula is C27H22ClN3O4S2. The molecule has 1 aliphatic heterocycles. The van der Waals surface area contributed by atoms with E-state index in [0.717, 1.165) is 16.7 Å². The van der Waals surface area contributed by atoms with Crippen LogP contribution in [-0.4, -0.2) is 27.0 Å². The number of amides is 1. The van der Waals surface area contributed by atoms with Crippen LogP contribution in [-0.2, 0) is 15.3 Å². The second kappa shape index (κ2) is 10.2. The molecule has 4 aromatic rings. The number of hydrogen-bond donors (Lipinski definition) is 1. The Morgan fingerprint density at radius 2 is 1.84 bits per heavy atom. The summed E-state index contributed by atoms with van der Waals surface area (Å²) < 4.78 is 6.49. The number of halogens is 1. The zero-order chi connectivity index (χ0) is 26.3. The van der Waals surface area contributed by atoms with Crippen molar-refractivity contribution in [3.05, 3.63) is 99.0 Å². The summed E-state index contributed by atoms with van der Waals surface area (Å²) in [5.41, 5.74) is 3.20. The first-order valence-electron chi connectivity index (χ1n) is 11.4. The maximum Gasteiger partial charge on any atom is 0.302 e. The van der Waals surface area contributed by atoms with E-state index < -0.39 is 17.7 Å². The molecule has 7 nitrogen and oxygen atoms in total. The Balaban J connectivity index is 1.54. The van der Waals surface area contributed by atoms with Crippen LogP contribution in [0.3, 0.4) is 0 Å². The molecule has 3 heterocycles. The van der Waals surface area contributed by atoms with Gasteiger partial charge >= 0.3 is 5.91 Å². The fourth-order valence-electron chi connectivity index (χ4n) is 4.12. The lowest BCUT2D eigenvalue weighted by molar-refractivity contribution is -0.132. The number of aryl methyl sites for hydroxylation is 3. The number of carbonyl (C=O) groups excluding carboxylic acids is 2. The summed E-state index contributed by atoms with van der Waals surface area (Å²) in [7, 11) is 0. The molecule has 188 valence electrons. The van der Waals surface area contributed by atoms with Crippen molar-refractivity contribution in [3.63, 3.8) is 0 Å². The molecule has 5 rings (SSSR count). The Bertz CT molecular complexity index is 1540. The van der Waals surface area contributed by atoms with Crippen molar-refractivity contribution in [2.24, 2.45) is 0 Å². The molecule has 1 aliphatic rings. The SMILES string of the molecule is Cc1ccc(C)c(/C(O)=C2\C(=O)C(=O)N(c3nnc(SCc4ccc(Cl)cc4)s3)C2c2ccc(C)o2)c1. The van der Waals surface area contributed by atoms with E-state index >= 15 is 0 Å². The van der Waals surface area contributed by atoms with E-state index in [1.807, 2.05) is 50.2 Å². The first-order chi connectivity index (χ1) is 17.7. The molecule has 1 fully saturated rings. The highest BCUT2D eigenvalue weighted by atomic mass is 35.5. The van der Waals surface area contributed by atoms with E-state index in [0.29, 0.717) is 32.2 Å². The number of aliphatic hydroxyl groups is 1. The zero-order valence-corrected chi connectivity index (χ0v) is 22.6. The molecule has 10 heteroatoms. The van der Waals surface area contributed by atoms with Gasteiger partial charge in [-0.2, -0.15) is 0 Å². The fourth-order valence-corrected chi connectivity index (χ4v) is 6.07. The third kappa shape index (κ3) is 4.94. The van der Waals surface area contributed by atoms with Gasteiger partial charge in [-0.1, -0.05) is 64.5 Å². The fraction of sp³-hybridized carbons (Fsp3) is 0.185. The number of rotatable bonds is 6. The number of Topliss-reactive ketones (excluding diaryl/α,β-unsaturated/α-hetero) is 1. The maximum atomic E-state index is 13.3. The van der Waals surface area contributed by atoms with E-state index in [1.165, 1.54) is 28.0 Å². The molecule has 2 aromatic carbocycles. The summed E-state index contributed by atoms with van der Waals surface area (Å²) in [5, 5.41) is 20.7. The number of aliphatic hydroxyl groups excluding tert-OH is 1. The summed E-state index contributed by atoms with van der Waals surface area (Å²) in [4.78, 5) is 27.9. The highest BCUT2D eigenvalue weighted by Crippen LogP contribution is 2.44. The lowest BCUT2D eigenvalue weighted by Gasteiger charge is -2.20. The summed E-state index contributed by atoms with van der Waals surface area (Å²) in [6.07, 6.45) is 0. The zero-order valence-electron chi connectivity index (χ0n) is 20.2. The van der Waals surface area contributed by atoms with Crippen LogP contribution in [0.25, 0.3) is 5.76 Å². The molecule has 1 amide bonds. The Morgan fingerprint density at radius 3 is 2.54 bits per heavy atom. The first kappa shape index (κ1) is 25.3. The van der Waals surface area contributed by atoms with Gasteiger partial charge in [-0.05, 0) is 62.2 Å². The third-order valence-corrected chi connectivity index (χ3v) is 8.38. The molecule has 1 N–H and O–H groups in total. The third-order valence-electron chi connectivity index (χ3n) is 6.00. The lowest BCUT2D eigenvalue weighted by atomic mass is 9.96. The predicted octanol–water partition coefficient (Wildman–Crippen LogP) is 6.63. The van der Waals surface area contributed by atoms with Gasteiger partial charge in [-0.15, -0.1) is 10.2 Å². The smallest absolute Gasteiger partial charge is 0.302 e. The van der Waals surface area contributed by atoms with E-state index in [2.05, 4.69) is 10.2 Å². The number of hydrogen-bond acceptors (Lipinski definition) is 8. The molecule has 1 unspecified atom stereocenters. The highest BCUT2D eigenvalue weighted by Gasteiger charge is 2.50. The predicted molar refractivity (Wildman–Crippen MR) is 145 cm³/mol. The molecule has 0 saturated carbocycles. The largest absolute Gasteiger partial charge is 0.507 e. The van der Waals surface area contributed by atoms with Gasteiger partial charge in [0.2, 0.25) is 5.13 Å². The summed E-state index contributed by atoms with van der Waals surface area (Å²) >= 11 is 8.63. The van der Waals surface area contributed by atoms with Gasteiger partial charge in [0.15, 0.2) is 4.34 Å². The van der Waals surface area contributed by atoms with Crippen molar-refractivity contribution < 1.29 is 19.1 Å². The molecule has 0 aliphatic carbocycles. The van der Waals surface area contributed by atoms with Gasteiger partial charge in [0.05, 0.1) is 5.57 Å². The minimum atomic E-state index is -0.976. The second-order valence-corrected chi connectivity index (χ2v) is 11.3. The monoisotopic (exact) mass is 551 g/mol. The molecule has 2 aromatic heterocycles. The summed E-state index contributed by atoms with van der Waals surface area (Å²) in [6.45, 7) is 5.51. The molecule has 1 saturated heterocycles. The number of aromatic nitrogens is 2. The number of anilines is 1. The van der Waals surface area contributed by atoms with E-state index in [-0.39, 0.29) is 16.5 Å². The van der Waals surface area contributed by atoms with Crippen LogP contribution in [0.15, 0.2) is 68.9 Å². The normalized spacial score (nSPS) is 17.1. The van der Waals surface area contributed by atoms with E-state index in [4.69, 9.17) is 16.0 Å². The van der Waals surface area contributed by atoms with Gasteiger partial charge in [-0.25, -0.2) is 0 Å². The quantitative estimate of drug-likeness (QED) is 0.0944. The van der Waals surface area contributed by atoms with Crippen LogP contribution < -0.4 is 4.90 Å². The molecule has 0 radical (unpaired) electrons. The number of thioether (sulfide) groups is 1. The number of benzene rings is 2. The number of nitrogens with zero attached hydrogens (tertiary/aromatic N) is 3. The van der Waals surface area contributed by atoms with Gasteiger partial charge in [0, 0.05) is 16.3 Å². The van der Waals surface area contributed by atoms with Crippen LogP contribution >= 0.6 is 34.7 Å². The van der Waals surface area contributed by atoms with Crippen molar-refractivity contribution >= 4 is 57.3 Å². The Hall–Kier alpha value is -3.40. The second-order valence-electron chi connectivity index (χ2n) is 8.70. The number of ketones is 1. The first-order valence-corrected chi connectivity index (χ1v) is 13.6. The Labute approximate surface area is 226 Å². The van der Waals surface area contributed by atoms with Crippen LogP contribution in [0.2, 0.25) is 5.02 Å². The van der Waals surface area contributed by atoms with Crippen LogP contribution in [0.4, 0.5) is 5.13 Å². The summed E-state index contributed by atoms with van der Waals surface area (Å²) in [6, 6.07) is 15.6. The molecule has 1 atom stereocenters. The van der Waals surface area contributed by atoms with Crippen molar-refractivity contribution in [2.75, 3.05) is 4.90 Å². The average molecular weight is 552 g/mol. The van der Waals surface area contributed by atoms with Crippen LogP contribution in [0.5, 0.6) is 0 Å². The summed E-state index contributed by atoms with van der Waals surface area (Å²) in [5.74, 6) is -0.238. The molecule has 0 spiro atoms. The lowest BCUT2D eigenvalue weighted by Crippen LogP contribution is -2.29. The molecule has 0 bridgehead atoms. The van der Waals surface area contributed by atoms with Gasteiger partial charge in [-0.3, -0.25) is 14.5 Å². The minimum Gasteiger partial charge on any atom is -0.507 e. The number of furan rings is 1. The molecule has 37 heavy (non-hydrogen) atoms. The van der Waals surface area contributed by atoms with Crippen LogP contribution in [0, 0.1) is 20.8 Å². The Kier molecular flexibility index (Phi) is 6.94. The maximum absolute atomic E-state index is 13.3. The van der Waals surface area contributed by atoms with Crippen molar-refractivity contribution in [2.45, 2.75) is 36.9 Å². The Morgan fingerprint density at radius 1 is 1.08 bits per heavy atom. The average Bonchev–Trinajstić information content (AvgIpc) is 3.58. The van der Waals surface area contributed by atoms with Crippen molar-refractivity contribution in [3.8, 4) is 0 Å². The molecular weight excluding hydrogens is 530 g/mol.